The van der Waals surface area contributed by atoms with Gasteiger partial charge < -0.3 is 24.8 Å². The predicted octanol–water partition coefficient (Wildman–Crippen LogP) is 5.97. The molecule has 0 radical (unpaired) electrons. The number of benzene rings is 3. The molecule has 0 spiro atoms. The van der Waals surface area contributed by atoms with Gasteiger partial charge in [-0.15, -0.1) is 0 Å². The standard InChI is InChI=1S/C31H37FN2O3/c1-3-34(20-21-4-11-31(29(32)16-21)37-26-12-14-33-15-13-26)30-19-27(36-2)9-10-28(30)24-6-5-23-18-25(35)8-7-22(23)17-24/h4,7-11,16,18-19,24,26,33,35H,3,5-6,12-15,17,20H2,1-2H3. The molecule has 0 bridgehead atoms. The Balaban J connectivity index is 1.37. The van der Waals surface area contributed by atoms with Gasteiger partial charge in [0.25, 0.3) is 0 Å². The number of fused-ring (bicyclic) bond motifs is 1. The summed E-state index contributed by atoms with van der Waals surface area (Å²) in [5, 5.41) is 13.2. The van der Waals surface area contributed by atoms with E-state index in [0.717, 1.165) is 68.7 Å². The van der Waals surface area contributed by atoms with Gasteiger partial charge in [0.2, 0.25) is 0 Å². The van der Waals surface area contributed by atoms with Crippen molar-refractivity contribution in [2.75, 3.05) is 31.6 Å². The maximum atomic E-state index is 15.0. The number of aromatic hydroxyl groups is 1. The highest BCUT2D eigenvalue weighted by molar-refractivity contribution is 5.60. The van der Waals surface area contributed by atoms with Crippen LogP contribution in [0.15, 0.2) is 54.6 Å². The molecule has 3 aromatic carbocycles. The number of halogens is 1. The number of nitrogens with one attached hydrogen (secondary N) is 1. The van der Waals surface area contributed by atoms with E-state index in [2.05, 4.69) is 29.3 Å². The molecule has 1 aliphatic carbocycles. The Morgan fingerprint density at radius 3 is 2.59 bits per heavy atom. The van der Waals surface area contributed by atoms with E-state index >= 15 is 4.39 Å². The van der Waals surface area contributed by atoms with Gasteiger partial charge in [-0.25, -0.2) is 4.39 Å². The Morgan fingerprint density at radius 2 is 1.84 bits per heavy atom. The number of piperidine rings is 1. The first kappa shape index (κ1) is 25.4. The van der Waals surface area contributed by atoms with Crippen LogP contribution in [0.1, 0.15) is 54.4 Å². The number of phenolic OH excluding ortho intramolecular Hbond substituents is 1. The average molecular weight is 505 g/mol. The number of aryl methyl sites for hydroxylation is 1. The molecule has 1 saturated heterocycles. The van der Waals surface area contributed by atoms with Crippen molar-refractivity contribution in [3.63, 3.8) is 0 Å². The number of rotatable bonds is 8. The zero-order valence-electron chi connectivity index (χ0n) is 21.8. The van der Waals surface area contributed by atoms with E-state index in [9.17, 15) is 5.11 Å². The van der Waals surface area contributed by atoms with Crippen LogP contribution >= 0.6 is 0 Å². The summed E-state index contributed by atoms with van der Waals surface area (Å²) in [7, 11) is 1.69. The summed E-state index contributed by atoms with van der Waals surface area (Å²) in [6, 6.07) is 17.4. The van der Waals surface area contributed by atoms with Crippen LogP contribution in [-0.2, 0) is 19.4 Å². The van der Waals surface area contributed by atoms with E-state index in [1.807, 2.05) is 24.3 Å². The zero-order chi connectivity index (χ0) is 25.8. The first-order chi connectivity index (χ1) is 18.0. The first-order valence-electron chi connectivity index (χ1n) is 13.4. The fourth-order valence-electron chi connectivity index (χ4n) is 5.70. The van der Waals surface area contributed by atoms with Crippen LogP contribution in [0.2, 0.25) is 0 Å². The molecule has 1 heterocycles. The number of anilines is 1. The van der Waals surface area contributed by atoms with Crippen LogP contribution in [-0.4, -0.2) is 38.0 Å². The molecule has 5 nitrogen and oxygen atoms in total. The molecule has 196 valence electrons. The van der Waals surface area contributed by atoms with E-state index in [0.29, 0.717) is 24.0 Å². The quantitative estimate of drug-likeness (QED) is 0.396. The number of hydrogen-bond acceptors (Lipinski definition) is 5. The highest BCUT2D eigenvalue weighted by atomic mass is 19.1. The number of phenols is 1. The Morgan fingerprint density at radius 1 is 1.00 bits per heavy atom. The Hall–Kier alpha value is -3.25. The summed E-state index contributed by atoms with van der Waals surface area (Å²) in [6.07, 6.45) is 4.76. The Bertz CT molecular complexity index is 1230. The second kappa shape index (κ2) is 11.4. The summed E-state index contributed by atoms with van der Waals surface area (Å²) in [6.45, 7) is 5.33. The molecule has 1 atom stereocenters. The molecule has 1 fully saturated rings. The lowest BCUT2D eigenvalue weighted by Crippen LogP contribution is -2.34. The van der Waals surface area contributed by atoms with Gasteiger partial charge in [-0.2, -0.15) is 0 Å². The Labute approximate surface area is 219 Å². The second-order valence-corrected chi connectivity index (χ2v) is 10.2. The molecular formula is C31H37FN2O3. The topological polar surface area (TPSA) is 54.0 Å². The second-order valence-electron chi connectivity index (χ2n) is 10.2. The number of methoxy groups -OCH3 is 1. The van der Waals surface area contributed by atoms with Crippen molar-refractivity contribution in [2.45, 2.75) is 57.6 Å². The largest absolute Gasteiger partial charge is 0.508 e. The van der Waals surface area contributed by atoms with E-state index in [1.54, 1.807) is 25.3 Å². The fourth-order valence-corrected chi connectivity index (χ4v) is 5.70. The van der Waals surface area contributed by atoms with Gasteiger partial charge in [-0.3, -0.25) is 0 Å². The SMILES string of the molecule is CCN(Cc1ccc(OC2CCNCC2)c(F)c1)c1cc(OC)ccc1C1CCc2cc(O)ccc2C1. The van der Waals surface area contributed by atoms with E-state index in [1.165, 1.54) is 16.7 Å². The summed E-state index contributed by atoms with van der Waals surface area (Å²) in [5.41, 5.74) is 5.86. The average Bonchev–Trinajstić information content (AvgIpc) is 2.93. The van der Waals surface area contributed by atoms with Crippen molar-refractivity contribution in [1.82, 2.24) is 5.32 Å². The molecule has 0 amide bonds. The van der Waals surface area contributed by atoms with Gasteiger partial charge in [0.15, 0.2) is 11.6 Å². The van der Waals surface area contributed by atoms with E-state index < -0.39 is 0 Å². The van der Waals surface area contributed by atoms with Gasteiger partial charge in [-0.05, 0) is 111 Å². The van der Waals surface area contributed by atoms with E-state index in [-0.39, 0.29) is 11.9 Å². The third kappa shape index (κ3) is 5.85. The molecule has 2 N–H and O–H groups in total. The zero-order valence-corrected chi connectivity index (χ0v) is 21.8. The molecule has 5 rings (SSSR count). The summed E-state index contributed by atoms with van der Waals surface area (Å²) in [4.78, 5) is 2.30. The van der Waals surface area contributed by atoms with Crippen molar-refractivity contribution >= 4 is 5.69 Å². The van der Waals surface area contributed by atoms with Crippen molar-refractivity contribution in [2.24, 2.45) is 0 Å². The van der Waals surface area contributed by atoms with Gasteiger partial charge >= 0.3 is 0 Å². The lowest BCUT2D eigenvalue weighted by atomic mass is 9.79. The normalized spacial score (nSPS) is 17.8. The van der Waals surface area contributed by atoms with Crippen LogP contribution in [0.25, 0.3) is 0 Å². The molecule has 1 unspecified atom stereocenters. The lowest BCUT2D eigenvalue weighted by molar-refractivity contribution is 0.156. The smallest absolute Gasteiger partial charge is 0.165 e. The number of ether oxygens (including phenoxy) is 2. The van der Waals surface area contributed by atoms with Gasteiger partial charge in [0, 0.05) is 24.8 Å². The van der Waals surface area contributed by atoms with E-state index in [4.69, 9.17) is 9.47 Å². The highest BCUT2D eigenvalue weighted by Gasteiger charge is 2.25. The van der Waals surface area contributed by atoms with Crippen molar-refractivity contribution in [1.29, 1.82) is 0 Å². The molecule has 6 heteroatoms. The summed E-state index contributed by atoms with van der Waals surface area (Å²) in [5.74, 6) is 1.55. The molecule has 3 aromatic rings. The van der Waals surface area contributed by atoms with Crippen molar-refractivity contribution < 1.29 is 19.0 Å². The molecule has 1 aliphatic heterocycles. The van der Waals surface area contributed by atoms with Crippen LogP contribution < -0.4 is 19.7 Å². The monoisotopic (exact) mass is 504 g/mol. The molecule has 0 saturated carbocycles. The predicted molar refractivity (Wildman–Crippen MR) is 146 cm³/mol. The first-order valence-corrected chi connectivity index (χ1v) is 13.4. The Kier molecular flexibility index (Phi) is 7.85. The maximum absolute atomic E-state index is 15.0. The molecule has 2 aliphatic rings. The van der Waals surface area contributed by atoms with Crippen molar-refractivity contribution in [3.8, 4) is 17.2 Å². The van der Waals surface area contributed by atoms with Crippen LogP contribution in [0.5, 0.6) is 17.2 Å². The fraction of sp³-hybridized carbons (Fsp3) is 0.419. The maximum Gasteiger partial charge on any atom is 0.165 e. The number of hydrogen-bond donors (Lipinski definition) is 2. The summed E-state index contributed by atoms with van der Waals surface area (Å²) >= 11 is 0. The van der Waals surface area contributed by atoms with Crippen LogP contribution in [0.3, 0.4) is 0 Å². The number of nitrogens with zero attached hydrogens (tertiary/aromatic N) is 1. The minimum absolute atomic E-state index is 0.0673. The minimum atomic E-state index is -0.301. The minimum Gasteiger partial charge on any atom is -0.508 e. The molecular weight excluding hydrogens is 467 g/mol. The van der Waals surface area contributed by atoms with Gasteiger partial charge in [-0.1, -0.05) is 18.2 Å². The lowest BCUT2D eigenvalue weighted by Gasteiger charge is -2.32. The van der Waals surface area contributed by atoms with Crippen LogP contribution in [0.4, 0.5) is 10.1 Å². The summed E-state index contributed by atoms with van der Waals surface area (Å²) < 4.78 is 26.6. The van der Waals surface area contributed by atoms with Crippen molar-refractivity contribution in [3.05, 3.63) is 82.7 Å². The highest BCUT2D eigenvalue weighted by Crippen LogP contribution is 2.40. The third-order valence-electron chi connectivity index (χ3n) is 7.77. The van der Waals surface area contributed by atoms with Gasteiger partial charge in [0.1, 0.15) is 17.6 Å². The van der Waals surface area contributed by atoms with Gasteiger partial charge in [0.05, 0.1) is 7.11 Å². The third-order valence-corrected chi connectivity index (χ3v) is 7.77. The molecule has 37 heavy (non-hydrogen) atoms. The molecule has 0 aromatic heterocycles. The van der Waals surface area contributed by atoms with Crippen LogP contribution in [0, 0.1) is 5.82 Å².